The Morgan fingerprint density at radius 3 is 0.970 bits per heavy atom. The van der Waals surface area contributed by atoms with Gasteiger partial charge >= 0.3 is 0 Å². The molecule has 0 aromatic carbocycles. The number of aliphatic hydroxyl groups excluding tert-OH is 2. The Hall–Kier alpha value is -2.17. The molecule has 0 fully saturated rings. The summed E-state index contributed by atoms with van der Waals surface area (Å²) in [6.07, 6.45) is 83.6. The predicted octanol–water partition coefficient (Wildman–Crippen LogP) is 19.8. The van der Waals surface area contributed by atoms with Gasteiger partial charge in [-0.25, -0.2) is 0 Å². The highest BCUT2D eigenvalue weighted by molar-refractivity contribution is 5.76. The van der Waals surface area contributed by atoms with Crippen LogP contribution in [-0.2, 0) is 4.79 Å². The summed E-state index contributed by atoms with van der Waals surface area (Å²) < 4.78 is 0. The van der Waals surface area contributed by atoms with Crippen LogP contribution in [0.4, 0.5) is 0 Å². The summed E-state index contributed by atoms with van der Waals surface area (Å²) in [6.45, 7) is 4.30. The summed E-state index contributed by atoms with van der Waals surface area (Å²) in [6, 6.07) is -0.650. The van der Waals surface area contributed by atoms with Crippen molar-refractivity contribution in [1.29, 1.82) is 0 Å². The fourth-order valence-electron chi connectivity index (χ4n) is 8.87. The van der Waals surface area contributed by atoms with Gasteiger partial charge in [0.05, 0.1) is 18.8 Å². The van der Waals surface area contributed by atoms with Gasteiger partial charge in [0.15, 0.2) is 0 Å². The van der Waals surface area contributed by atoms with Gasteiger partial charge < -0.3 is 15.5 Å². The summed E-state index contributed by atoms with van der Waals surface area (Å²) in [5.41, 5.74) is 0. The zero-order valence-electron chi connectivity index (χ0n) is 44.9. The highest BCUT2D eigenvalue weighted by Gasteiger charge is 2.18. The second kappa shape index (κ2) is 58.1. The number of amides is 1. The Morgan fingerprint density at radius 2 is 0.627 bits per heavy atom. The Bertz CT molecular complexity index is 1150. The molecule has 4 nitrogen and oxygen atoms in total. The molecule has 0 saturated carbocycles. The van der Waals surface area contributed by atoms with Crippen molar-refractivity contribution in [3.8, 4) is 0 Å². The normalized spacial score (nSPS) is 13.3. The van der Waals surface area contributed by atoms with Crippen molar-refractivity contribution in [3.05, 3.63) is 72.9 Å². The lowest BCUT2D eigenvalue weighted by molar-refractivity contribution is -0.123. The molecule has 0 spiro atoms. The van der Waals surface area contributed by atoms with Crippen LogP contribution in [-0.4, -0.2) is 34.9 Å². The zero-order chi connectivity index (χ0) is 48.5. The lowest BCUT2D eigenvalue weighted by Crippen LogP contribution is -2.45. The third-order valence-corrected chi connectivity index (χ3v) is 13.4. The van der Waals surface area contributed by atoms with E-state index < -0.39 is 12.1 Å². The average Bonchev–Trinajstić information content (AvgIpc) is 3.33. The fraction of sp³-hybridized carbons (Fsp3) is 0.794. The molecular weight excluding hydrogens is 819 g/mol. The molecule has 0 aliphatic carbocycles. The highest BCUT2D eigenvalue weighted by atomic mass is 16.3. The van der Waals surface area contributed by atoms with Crippen LogP contribution in [0.3, 0.4) is 0 Å². The van der Waals surface area contributed by atoms with Crippen molar-refractivity contribution in [1.82, 2.24) is 5.32 Å². The number of rotatable bonds is 54. The Balaban J connectivity index is 3.56. The number of nitrogens with one attached hydrogen (secondary N) is 1. The summed E-state index contributed by atoms with van der Waals surface area (Å²) in [7, 11) is 0. The van der Waals surface area contributed by atoms with Gasteiger partial charge in [0.1, 0.15) is 0 Å². The SMILES string of the molecule is CCCCCCC/C=C\C/C=C\C/C=C\CCCCCCCCCCCCCCCCC(=O)NC(CO)C(O)/C=C/CC/C=C/CC/C=C/CCCCCCCCCCCCCCCCCC. The smallest absolute Gasteiger partial charge is 0.220 e. The lowest BCUT2D eigenvalue weighted by atomic mass is 10.0. The van der Waals surface area contributed by atoms with Gasteiger partial charge in [-0.1, -0.05) is 286 Å². The van der Waals surface area contributed by atoms with Crippen LogP contribution in [0.15, 0.2) is 72.9 Å². The number of hydrogen-bond donors (Lipinski definition) is 3. The summed E-state index contributed by atoms with van der Waals surface area (Å²) in [5.74, 6) is -0.0776. The molecule has 0 saturated heterocycles. The minimum absolute atomic E-state index is 0.0776. The minimum Gasteiger partial charge on any atom is -0.394 e. The van der Waals surface area contributed by atoms with Crippen LogP contribution in [0.25, 0.3) is 0 Å². The molecule has 0 aromatic rings. The number of allylic oxidation sites excluding steroid dienone is 11. The lowest BCUT2D eigenvalue weighted by Gasteiger charge is -2.19. The first-order chi connectivity index (χ1) is 33.2. The number of carbonyl (C=O) groups excluding carboxylic acids is 1. The number of hydrogen-bond acceptors (Lipinski definition) is 3. The van der Waals surface area contributed by atoms with Crippen LogP contribution >= 0.6 is 0 Å². The van der Waals surface area contributed by atoms with Crippen molar-refractivity contribution in [2.24, 2.45) is 0 Å². The van der Waals surface area contributed by atoms with E-state index in [0.717, 1.165) is 51.4 Å². The van der Waals surface area contributed by atoms with E-state index in [4.69, 9.17) is 0 Å². The van der Waals surface area contributed by atoms with Crippen molar-refractivity contribution < 1.29 is 15.0 Å². The molecule has 0 radical (unpaired) electrons. The van der Waals surface area contributed by atoms with E-state index in [1.54, 1.807) is 6.08 Å². The highest BCUT2D eigenvalue weighted by Crippen LogP contribution is 2.16. The van der Waals surface area contributed by atoms with E-state index in [0.29, 0.717) is 6.42 Å². The largest absolute Gasteiger partial charge is 0.394 e. The molecular formula is C63H115NO3. The molecule has 0 heterocycles. The van der Waals surface area contributed by atoms with Gasteiger partial charge in [0, 0.05) is 6.42 Å². The maximum Gasteiger partial charge on any atom is 0.220 e. The molecule has 1 amide bonds. The van der Waals surface area contributed by atoms with Crippen LogP contribution < -0.4 is 5.32 Å². The number of unbranched alkanes of at least 4 members (excludes halogenated alkanes) is 37. The quantitative estimate of drug-likeness (QED) is 0.0420. The zero-order valence-corrected chi connectivity index (χ0v) is 44.9. The second-order valence-electron chi connectivity index (χ2n) is 20.0. The van der Waals surface area contributed by atoms with Crippen molar-refractivity contribution in [2.75, 3.05) is 6.61 Å². The van der Waals surface area contributed by atoms with Gasteiger partial charge in [-0.3, -0.25) is 4.79 Å². The van der Waals surface area contributed by atoms with Gasteiger partial charge in [0.2, 0.25) is 5.91 Å². The van der Waals surface area contributed by atoms with Gasteiger partial charge in [-0.05, 0) is 83.5 Å². The van der Waals surface area contributed by atoms with Crippen molar-refractivity contribution in [2.45, 2.75) is 315 Å². The molecule has 0 aromatic heterocycles. The van der Waals surface area contributed by atoms with E-state index in [1.807, 2.05) is 6.08 Å². The van der Waals surface area contributed by atoms with E-state index >= 15 is 0 Å². The van der Waals surface area contributed by atoms with Crippen molar-refractivity contribution in [3.63, 3.8) is 0 Å². The first kappa shape index (κ1) is 64.8. The van der Waals surface area contributed by atoms with Crippen LogP contribution in [0.2, 0.25) is 0 Å². The molecule has 0 rings (SSSR count). The molecule has 0 aliphatic rings. The molecule has 0 bridgehead atoms. The third-order valence-electron chi connectivity index (χ3n) is 13.4. The summed E-state index contributed by atoms with van der Waals surface area (Å²) in [4.78, 5) is 12.5. The van der Waals surface area contributed by atoms with E-state index in [9.17, 15) is 15.0 Å². The van der Waals surface area contributed by atoms with Crippen LogP contribution in [0.5, 0.6) is 0 Å². The Morgan fingerprint density at radius 1 is 0.358 bits per heavy atom. The standard InChI is InChI=1S/C63H115NO3/c1-3-5-7-9-11-13-15-17-19-21-23-25-27-29-31-32-33-35-37-39-41-43-45-47-49-51-53-55-57-59-63(67)64-61(60-65)62(66)58-56-54-52-50-48-46-44-42-40-38-36-34-30-28-26-24-22-20-18-16-14-12-10-8-6-4-2/h15,17,21,23,27,29,40,42,48,50,56,58,61-62,65-66H,3-14,16,18-20,22,24-26,28,30-39,41,43-47,49,51-55,57,59-60H2,1-2H3,(H,64,67)/b17-15-,23-21-,29-27-,42-40+,50-48+,58-56+. The fourth-order valence-corrected chi connectivity index (χ4v) is 8.87. The first-order valence-corrected chi connectivity index (χ1v) is 29.7. The predicted molar refractivity (Wildman–Crippen MR) is 299 cm³/mol. The third kappa shape index (κ3) is 54.6. The topological polar surface area (TPSA) is 69.6 Å². The molecule has 67 heavy (non-hydrogen) atoms. The first-order valence-electron chi connectivity index (χ1n) is 29.7. The maximum atomic E-state index is 12.5. The molecule has 390 valence electrons. The maximum absolute atomic E-state index is 12.5. The monoisotopic (exact) mass is 934 g/mol. The molecule has 3 N–H and O–H groups in total. The van der Waals surface area contributed by atoms with Crippen LogP contribution in [0.1, 0.15) is 303 Å². The molecule has 4 heteroatoms. The van der Waals surface area contributed by atoms with Gasteiger partial charge in [0.25, 0.3) is 0 Å². The summed E-state index contributed by atoms with van der Waals surface area (Å²) in [5, 5.41) is 23.2. The number of aliphatic hydroxyl groups is 2. The molecule has 2 unspecified atom stereocenters. The second-order valence-corrected chi connectivity index (χ2v) is 20.0. The van der Waals surface area contributed by atoms with Crippen LogP contribution in [0, 0.1) is 0 Å². The van der Waals surface area contributed by atoms with Gasteiger partial charge in [-0.2, -0.15) is 0 Å². The molecule has 2 atom stereocenters. The summed E-state index contributed by atoms with van der Waals surface area (Å²) >= 11 is 0. The minimum atomic E-state index is -0.875. The van der Waals surface area contributed by atoms with E-state index in [1.165, 1.54) is 231 Å². The Kier molecular flexibility index (Phi) is 56.3. The van der Waals surface area contributed by atoms with E-state index in [2.05, 4.69) is 79.9 Å². The van der Waals surface area contributed by atoms with E-state index in [-0.39, 0.29) is 12.5 Å². The number of carbonyl (C=O) groups is 1. The van der Waals surface area contributed by atoms with Crippen molar-refractivity contribution >= 4 is 5.91 Å². The average molecular weight is 935 g/mol. The Labute approximate surface area is 419 Å². The molecule has 0 aliphatic heterocycles. The van der Waals surface area contributed by atoms with Gasteiger partial charge in [-0.15, -0.1) is 0 Å².